The van der Waals surface area contributed by atoms with Crippen molar-refractivity contribution in [2.24, 2.45) is 5.92 Å². The maximum atomic E-state index is 13.5. The van der Waals surface area contributed by atoms with Gasteiger partial charge in [0.25, 0.3) is 0 Å². The van der Waals surface area contributed by atoms with E-state index in [1.807, 2.05) is 6.92 Å². The van der Waals surface area contributed by atoms with Crippen LogP contribution in [0.2, 0.25) is 0 Å². The molecule has 0 aliphatic heterocycles. The number of halogens is 1. The molecule has 100 valence electrons. The van der Waals surface area contributed by atoms with E-state index >= 15 is 0 Å². The highest BCUT2D eigenvalue weighted by atomic mass is 19.1. The normalized spacial score (nSPS) is 12.1. The largest absolute Gasteiger partial charge is 0.494 e. The molecule has 0 aliphatic rings. The fourth-order valence-electron chi connectivity index (χ4n) is 1.72. The smallest absolute Gasteiger partial charge is 0.230 e. The van der Waals surface area contributed by atoms with Crippen LogP contribution in [0.15, 0.2) is 18.2 Å². The second kappa shape index (κ2) is 6.35. The molecule has 0 saturated heterocycles. The number of anilines is 1. The monoisotopic (exact) mass is 254 g/mol. The third-order valence-electron chi connectivity index (χ3n) is 2.79. The molecular formula is C13H19FN2O2. The first-order valence-electron chi connectivity index (χ1n) is 5.77. The molecule has 0 saturated carbocycles. The highest BCUT2D eigenvalue weighted by Crippen LogP contribution is 2.23. The molecule has 0 aromatic heterocycles. The maximum Gasteiger partial charge on any atom is 0.230 e. The van der Waals surface area contributed by atoms with E-state index in [-0.39, 0.29) is 17.6 Å². The Hall–Kier alpha value is -1.62. The van der Waals surface area contributed by atoms with Crippen molar-refractivity contribution in [1.29, 1.82) is 0 Å². The van der Waals surface area contributed by atoms with Crippen LogP contribution in [0.5, 0.6) is 5.75 Å². The summed E-state index contributed by atoms with van der Waals surface area (Å²) in [5, 5.41) is 2.94. The van der Waals surface area contributed by atoms with Crippen molar-refractivity contribution in [2.45, 2.75) is 6.92 Å². The molecule has 0 fully saturated rings. The number of nitrogens with one attached hydrogen (secondary N) is 1. The number of ether oxygens (including phenoxy) is 1. The highest BCUT2D eigenvalue weighted by Gasteiger charge is 2.18. The Labute approximate surface area is 107 Å². The van der Waals surface area contributed by atoms with Crippen LogP contribution in [0.25, 0.3) is 0 Å². The highest BCUT2D eigenvalue weighted by molar-refractivity contribution is 5.94. The standard InChI is InChI=1S/C13H19FN2O2/c1-9(8-15-2)13(17)16(3)10-5-6-12(18-4)11(14)7-10/h5-7,9,15H,8H2,1-4H3. The van der Waals surface area contributed by atoms with Gasteiger partial charge in [-0.1, -0.05) is 6.92 Å². The van der Waals surface area contributed by atoms with Crippen molar-refractivity contribution in [1.82, 2.24) is 5.32 Å². The predicted octanol–water partition coefficient (Wildman–Crippen LogP) is 1.65. The van der Waals surface area contributed by atoms with Gasteiger partial charge in [0.2, 0.25) is 5.91 Å². The zero-order valence-electron chi connectivity index (χ0n) is 11.2. The van der Waals surface area contributed by atoms with Crippen LogP contribution in [-0.2, 0) is 4.79 Å². The van der Waals surface area contributed by atoms with E-state index in [9.17, 15) is 9.18 Å². The van der Waals surface area contributed by atoms with Gasteiger partial charge in [-0.3, -0.25) is 4.79 Å². The summed E-state index contributed by atoms with van der Waals surface area (Å²) >= 11 is 0. The van der Waals surface area contributed by atoms with E-state index in [2.05, 4.69) is 5.32 Å². The van der Waals surface area contributed by atoms with E-state index < -0.39 is 5.82 Å². The van der Waals surface area contributed by atoms with Crippen molar-refractivity contribution >= 4 is 11.6 Å². The molecule has 0 heterocycles. The van der Waals surface area contributed by atoms with E-state index in [4.69, 9.17) is 4.74 Å². The van der Waals surface area contributed by atoms with E-state index in [0.717, 1.165) is 0 Å². The second-order valence-electron chi connectivity index (χ2n) is 4.17. The minimum Gasteiger partial charge on any atom is -0.494 e. The maximum absolute atomic E-state index is 13.5. The van der Waals surface area contributed by atoms with Gasteiger partial charge in [-0.2, -0.15) is 0 Å². The lowest BCUT2D eigenvalue weighted by Gasteiger charge is -2.21. The van der Waals surface area contributed by atoms with Crippen LogP contribution >= 0.6 is 0 Å². The Bertz CT molecular complexity index is 423. The minimum absolute atomic E-state index is 0.0612. The number of hydrogen-bond donors (Lipinski definition) is 1. The predicted molar refractivity (Wildman–Crippen MR) is 69.5 cm³/mol. The van der Waals surface area contributed by atoms with Crippen molar-refractivity contribution < 1.29 is 13.9 Å². The Morgan fingerprint density at radius 3 is 2.72 bits per heavy atom. The molecule has 5 heteroatoms. The van der Waals surface area contributed by atoms with Crippen LogP contribution in [0.1, 0.15) is 6.92 Å². The third kappa shape index (κ3) is 3.20. The number of carbonyl (C=O) groups is 1. The van der Waals surface area contributed by atoms with Gasteiger partial charge in [0, 0.05) is 31.3 Å². The Morgan fingerprint density at radius 2 is 2.22 bits per heavy atom. The summed E-state index contributed by atoms with van der Waals surface area (Å²) in [6.07, 6.45) is 0. The van der Waals surface area contributed by atoms with Gasteiger partial charge in [0.05, 0.1) is 7.11 Å². The molecule has 0 radical (unpaired) electrons. The molecule has 1 aromatic carbocycles. The number of nitrogens with zero attached hydrogens (tertiary/aromatic N) is 1. The molecule has 1 unspecified atom stereocenters. The lowest BCUT2D eigenvalue weighted by atomic mass is 10.1. The molecular weight excluding hydrogens is 235 g/mol. The SMILES string of the molecule is CNCC(C)C(=O)N(C)c1ccc(OC)c(F)c1. The second-order valence-corrected chi connectivity index (χ2v) is 4.17. The van der Waals surface area contributed by atoms with Gasteiger partial charge < -0.3 is 15.0 Å². The molecule has 0 spiro atoms. The number of carbonyl (C=O) groups excluding carboxylic acids is 1. The molecule has 1 aromatic rings. The summed E-state index contributed by atoms with van der Waals surface area (Å²) in [4.78, 5) is 13.5. The zero-order chi connectivity index (χ0) is 13.7. The first kappa shape index (κ1) is 14.4. The first-order valence-corrected chi connectivity index (χ1v) is 5.77. The number of benzene rings is 1. The van der Waals surface area contributed by atoms with E-state index in [0.29, 0.717) is 12.2 Å². The van der Waals surface area contributed by atoms with Gasteiger partial charge in [0.1, 0.15) is 0 Å². The lowest BCUT2D eigenvalue weighted by molar-refractivity contribution is -0.121. The summed E-state index contributed by atoms with van der Waals surface area (Å²) in [5.74, 6) is -0.530. The summed E-state index contributed by atoms with van der Waals surface area (Å²) in [5.41, 5.74) is 0.515. The lowest BCUT2D eigenvalue weighted by Crippen LogP contribution is -2.36. The Kier molecular flexibility index (Phi) is 5.09. The van der Waals surface area contributed by atoms with Gasteiger partial charge in [-0.05, 0) is 19.2 Å². The molecule has 4 nitrogen and oxygen atoms in total. The first-order chi connectivity index (χ1) is 8.51. The fraction of sp³-hybridized carbons (Fsp3) is 0.462. The van der Waals surface area contributed by atoms with Crippen LogP contribution in [0.4, 0.5) is 10.1 Å². The Balaban J connectivity index is 2.87. The molecule has 18 heavy (non-hydrogen) atoms. The third-order valence-corrected chi connectivity index (χ3v) is 2.79. The van der Waals surface area contributed by atoms with Gasteiger partial charge in [-0.25, -0.2) is 4.39 Å². The minimum atomic E-state index is -0.476. The summed E-state index contributed by atoms with van der Waals surface area (Å²) < 4.78 is 18.4. The van der Waals surface area contributed by atoms with Crippen molar-refractivity contribution in [3.63, 3.8) is 0 Å². The number of amides is 1. The molecule has 0 bridgehead atoms. The summed E-state index contributed by atoms with van der Waals surface area (Å²) in [6.45, 7) is 2.41. The molecule has 1 rings (SSSR count). The van der Waals surface area contributed by atoms with Crippen molar-refractivity contribution in [3.05, 3.63) is 24.0 Å². The van der Waals surface area contributed by atoms with Crippen LogP contribution in [-0.4, -0.2) is 33.7 Å². The van der Waals surface area contributed by atoms with Crippen molar-refractivity contribution in [2.75, 3.05) is 32.6 Å². The molecule has 1 amide bonds. The average Bonchev–Trinajstić information content (AvgIpc) is 2.37. The average molecular weight is 254 g/mol. The zero-order valence-corrected chi connectivity index (χ0v) is 11.2. The quantitative estimate of drug-likeness (QED) is 0.868. The molecule has 1 N–H and O–H groups in total. The van der Waals surface area contributed by atoms with Gasteiger partial charge >= 0.3 is 0 Å². The van der Waals surface area contributed by atoms with Crippen LogP contribution in [0, 0.1) is 11.7 Å². The van der Waals surface area contributed by atoms with E-state index in [1.54, 1.807) is 20.2 Å². The van der Waals surface area contributed by atoms with Crippen molar-refractivity contribution in [3.8, 4) is 5.75 Å². The van der Waals surface area contributed by atoms with Crippen LogP contribution in [0.3, 0.4) is 0 Å². The fourth-order valence-corrected chi connectivity index (χ4v) is 1.72. The van der Waals surface area contributed by atoms with Crippen LogP contribution < -0.4 is 15.0 Å². The summed E-state index contributed by atoms with van der Waals surface area (Å²) in [7, 11) is 4.83. The number of rotatable bonds is 5. The number of methoxy groups -OCH3 is 1. The topological polar surface area (TPSA) is 41.6 Å². The molecule has 0 aliphatic carbocycles. The molecule has 1 atom stereocenters. The summed E-state index contributed by atoms with van der Waals surface area (Å²) in [6, 6.07) is 4.46. The Morgan fingerprint density at radius 1 is 1.56 bits per heavy atom. The van der Waals surface area contributed by atoms with E-state index in [1.165, 1.54) is 24.1 Å². The van der Waals surface area contributed by atoms with Gasteiger partial charge in [0.15, 0.2) is 11.6 Å². The van der Waals surface area contributed by atoms with Gasteiger partial charge in [-0.15, -0.1) is 0 Å². The number of hydrogen-bond acceptors (Lipinski definition) is 3.